The molecule has 140 valence electrons. The molecule has 0 saturated heterocycles. The molecule has 1 N–H and O–H groups in total. The van der Waals surface area contributed by atoms with Crippen LogP contribution < -0.4 is 10.1 Å². The van der Waals surface area contributed by atoms with Gasteiger partial charge in [0.25, 0.3) is 0 Å². The Bertz CT molecular complexity index is 912. The molecule has 27 heavy (non-hydrogen) atoms. The van der Waals surface area contributed by atoms with Gasteiger partial charge in [-0.3, -0.25) is 4.79 Å². The number of allylic oxidation sites excluding steroid dienone is 1. The van der Waals surface area contributed by atoms with Crippen molar-refractivity contribution in [3.8, 4) is 5.75 Å². The maximum Gasteiger partial charge on any atom is 0.173 e. The lowest BCUT2D eigenvalue weighted by Gasteiger charge is -2.35. The van der Waals surface area contributed by atoms with Gasteiger partial charge in [0, 0.05) is 18.3 Å². The highest BCUT2D eigenvalue weighted by Crippen LogP contribution is 2.34. The van der Waals surface area contributed by atoms with Crippen LogP contribution in [0.1, 0.15) is 31.0 Å². The SMILES string of the molecule is CC(=O)C1=C(C)N(C)C(=S)NC1c1ccc(OCc2ccccc2)c(Cl)c1. The van der Waals surface area contributed by atoms with Gasteiger partial charge >= 0.3 is 0 Å². The molecular weight excluding hydrogens is 380 g/mol. The normalized spacial score (nSPS) is 17.0. The van der Waals surface area contributed by atoms with Crippen LogP contribution in [0.25, 0.3) is 0 Å². The minimum atomic E-state index is -0.327. The summed E-state index contributed by atoms with van der Waals surface area (Å²) >= 11 is 11.8. The molecule has 1 atom stereocenters. The van der Waals surface area contributed by atoms with E-state index in [9.17, 15) is 4.79 Å². The van der Waals surface area contributed by atoms with Crippen LogP contribution in [0.15, 0.2) is 59.8 Å². The molecule has 0 aliphatic carbocycles. The predicted octanol–water partition coefficient (Wildman–Crippen LogP) is 4.64. The lowest BCUT2D eigenvalue weighted by Crippen LogP contribution is -2.45. The van der Waals surface area contributed by atoms with Gasteiger partial charge in [0.05, 0.1) is 11.1 Å². The average Bonchev–Trinajstić information content (AvgIpc) is 2.65. The van der Waals surface area contributed by atoms with E-state index >= 15 is 0 Å². The second-order valence-corrected chi connectivity index (χ2v) is 7.25. The molecule has 0 fully saturated rings. The fraction of sp³-hybridized carbons (Fsp3) is 0.238. The van der Waals surface area contributed by atoms with Gasteiger partial charge in [-0.1, -0.05) is 48.0 Å². The number of Topliss-reactive ketones (excluding diaryl/α,β-unsaturated/α-hetero) is 1. The van der Waals surface area contributed by atoms with Crippen LogP contribution in [0.2, 0.25) is 5.02 Å². The van der Waals surface area contributed by atoms with Gasteiger partial charge in [-0.2, -0.15) is 0 Å². The van der Waals surface area contributed by atoms with Crippen molar-refractivity contribution < 1.29 is 9.53 Å². The summed E-state index contributed by atoms with van der Waals surface area (Å²) in [7, 11) is 1.84. The van der Waals surface area contributed by atoms with Crippen molar-refractivity contribution in [2.24, 2.45) is 0 Å². The number of carbonyl (C=O) groups is 1. The topological polar surface area (TPSA) is 41.6 Å². The summed E-state index contributed by atoms with van der Waals surface area (Å²) in [6, 6.07) is 15.1. The van der Waals surface area contributed by atoms with E-state index in [1.807, 2.05) is 67.4 Å². The van der Waals surface area contributed by atoms with Crippen molar-refractivity contribution in [2.45, 2.75) is 26.5 Å². The number of hydrogen-bond donors (Lipinski definition) is 1. The molecule has 0 radical (unpaired) electrons. The van der Waals surface area contributed by atoms with Gasteiger partial charge in [0.1, 0.15) is 12.4 Å². The third-order valence-electron chi connectivity index (χ3n) is 4.66. The smallest absolute Gasteiger partial charge is 0.173 e. The Morgan fingerprint density at radius 1 is 1.26 bits per heavy atom. The third kappa shape index (κ3) is 4.15. The first kappa shape index (κ1) is 19.4. The van der Waals surface area contributed by atoms with Crippen LogP contribution in [-0.4, -0.2) is 22.8 Å². The van der Waals surface area contributed by atoms with Gasteiger partial charge < -0.3 is 15.0 Å². The summed E-state index contributed by atoms with van der Waals surface area (Å²) < 4.78 is 5.83. The number of hydrogen-bond acceptors (Lipinski definition) is 3. The Balaban J connectivity index is 1.86. The lowest BCUT2D eigenvalue weighted by atomic mass is 9.92. The maximum absolute atomic E-state index is 12.2. The number of carbonyl (C=O) groups excluding carboxylic acids is 1. The second kappa shape index (κ2) is 8.11. The Hall–Kier alpha value is -2.37. The molecule has 0 saturated carbocycles. The van der Waals surface area contributed by atoms with E-state index in [1.54, 1.807) is 6.92 Å². The van der Waals surface area contributed by atoms with E-state index in [1.165, 1.54) is 0 Å². The largest absolute Gasteiger partial charge is 0.487 e. The fourth-order valence-corrected chi connectivity index (χ4v) is 3.59. The van der Waals surface area contributed by atoms with E-state index in [0.717, 1.165) is 16.8 Å². The summed E-state index contributed by atoms with van der Waals surface area (Å²) in [5.74, 6) is 0.602. The molecule has 1 unspecified atom stereocenters. The van der Waals surface area contributed by atoms with Crippen LogP contribution in [0, 0.1) is 0 Å². The highest BCUT2D eigenvalue weighted by Gasteiger charge is 2.30. The first-order valence-electron chi connectivity index (χ1n) is 8.60. The van der Waals surface area contributed by atoms with Crippen molar-refractivity contribution in [1.82, 2.24) is 10.2 Å². The number of nitrogens with zero attached hydrogens (tertiary/aromatic N) is 1. The van der Waals surface area contributed by atoms with Crippen molar-refractivity contribution in [3.63, 3.8) is 0 Å². The van der Waals surface area contributed by atoms with Crippen LogP contribution in [0.4, 0.5) is 0 Å². The minimum Gasteiger partial charge on any atom is -0.487 e. The monoisotopic (exact) mass is 400 g/mol. The first-order valence-corrected chi connectivity index (χ1v) is 9.39. The molecule has 0 spiro atoms. The third-order valence-corrected chi connectivity index (χ3v) is 5.35. The molecule has 3 rings (SSSR count). The molecule has 0 bridgehead atoms. The first-order chi connectivity index (χ1) is 12.9. The van der Waals surface area contributed by atoms with Gasteiger partial charge in [0.2, 0.25) is 0 Å². The number of ketones is 1. The van der Waals surface area contributed by atoms with Gasteiger partial charge in [0.15, 0.2) is 10.9 Å². The quantitative estimate of drug-likeness (QED) is 0.740. The van der Waals surface area contributed by atoms with E-state index in [0.29, 0.717) is 28.1 Å². The molecule has 4 nitrogen and oxygen atoms in total. The van der Waals surface area contributed by atoms with Crippen molar-refractivity contribution in [3.05, 3.63) is 76.0 Å². The molecular formula is C21H21ClN2O2S. The molecule has 1 aliphatic heterocycles. The summed E-state index contributed by atoms with van der Waals surface area (Å²) in [5.41, 5.74) is 3.46. The Labute approximate surface area is 169 Å². The van der Waals surface area contributed by atoms with Crippen LogP contribution in [0.3, 0.4) is 0 Å². The molecule has 6 heteroatoms. The Morgan fingerprint density at radius 2 is 1.96 bits per heavy atom. The number of nitrogens with one attached hydrogen (secondary N) is 1. The fourth-order valence-electron chi connectivity index (χ4n) is 3.09. The number of ether oxygens (including phenoxy) is 1. The van der Waals surface area contributed by atoms with Crippen molar-refractivity contribution >= 4 is 34.7 Å². The summed E-state index contributed by atoms with van der Waals surface area (Å²) in [5, 5.41) is 4.30. The number of halogens is 1. The molecule has 0 aromatic heterocycles. The molecule has 1 heterocycles. The average molecular weight is 401 g/mol. The number of thiocarbonyl (C=S) groups is 1. The van der Waals surface area contributed by atoms with Crippen molar-refractivity contribution in [2.75, 3.05) is 7.05 Å². The lowest BCUT2D eigenvalue weighted by molar-refractivity contribution is -0.114. The predicted molar refractivity (Wildman–Crippen MR) is 112 cm³/mol. The van der Waals surface area contributed by atoms with Gasteiger partial charge in [-0.25, -0.2) is 0 Å². The number of rotatable bonds is 5. The Morgan fingerprint density at radius 3 is 2.59 bits per heavy atom. The van der Waals surface area contributed by atoms with Crippen LogP contribution >= 0.6 is 23.8 Å². The molecule has 0 amide bonds. The second-order valence-electron chi connectivity index (χ2n) is 6.46. The van der Waals surface area contributed by atoms with Gasteiger partial charge in [-0.05, 0) is 49.3 Å². The van der Waals surface area contributed by atoms with E-state index in [2.05, 4.69) is 5.32 Å². The minimum absolute atomic E-state index is 0.000114. The van der Waals surface area contributed by atoms with Crippen molar-refractivity contribution in [1.29, 1.82) is 0 Å². The summed E-state index contributed by atoms with van der Waals surface area (Å²) in [6.07, 6.45) is 0. The molecule has 1 aliphatic rings. The highest BCUT2D eigenvalue weighted by molar-refractivity contribution is 7.80. The zero-order valence-electron chi connectivity index (χ0n) is 15.5. The summed E-state index contributed by atoms with van der Waals surface area (Å²) in [6.45, 7) is 3.90. The molecule has 2 aromatic carbocycles. The zero-order chi connectivity index (χ0) is 19.6. The van der Waals surface area contributed by atoms with Gasteiger partial charge in [-0.15, -0.1) is 0 Å². The number of benzene rings is 2. The highest BCUT2D eigenvalue weighted by atomic mass is 35.5. The van der Waals surface area contributed by atoms with Crippen LogP contribution in [0.5, 0.6) is 5.75 Å². The Kier molecular flexibility index (Phi) is 5.82. The van der Waals surface area contributed by atoms with E-state index in [-0.39, 0.29) is 11.8 Å². The molecule has 2 aromatic rings. The van der Waals surface area contributed by atoms with E-state index < -0.39 is 0 Å². The van der Waals surface area contributed by atoms with E-state index in [4.69, 9.17) is 28.6 Å². The standard InChI is InChI=1S/C21H21ClN2O2S/c1-13-19(14(2)25)20(23-21(27)24(13)3)16-9-10-18(17(22)11-16)26-12-15-7-5-4-6-8-15/h4-11,20H,12H2,1-3H3,(H,23,27). The van der Waals surface area contributed by atoms with Crippen LogP contribution in [-0.2, 0) is 11.4 Å². The zero-order valence-corrected chi connectivity index (χ0v) is 17.0. The summed E-state index contributed by atoms with van der Waals surface area (Å²) in [4.78, 5) is 14.0. The maximum atomic E-state index is 12.2.